The highest BCUT2D eigenvalue weighted by atomic mass is 19.1. The van der Waals surface area contributed by atoms with Gasteiger partial charge < -0.3 is 5.11 Å². The van der Waals surface area contributed by atoms with Crippen molar-refractivity contribution in [1.82, 2.24) is 9.78 Å². The average Bonchev–Trinajstić information content (AvgIpc) is 3.13. The Morgan fingerprint density at radius 2 is 1.90 bits per heavy atom. The van der Waals surface area contributed by atoms with Gasteiger partial charge in [-0.1, -0.05) is 60.7 Å². The Labute approximate surface area is 167 Å². The third kappa shape index (κ3) is 4.24. The van der Waals surface area contributed by atoms with Gasteiger partial charge in [0.25, 0.3) is 0 Å². The molecule has 0 spiro atoms. The van der Waals surface area contributed by atoms with E-state index in [1.165, 1.54) is 24.3 Å². The van der Waals surface area contributed by atoms with E-state index in [-0.39, 0.29) is 12.2 Å². The highest BCUT2D eigenvalue weighted by Crippen LogP contribution is 2.21. The fourth-order valence-electron chi connectivity index (χ4n) is 3.31. The Morgan fingerprint density at radius 3 is 2.69 bits per heavy atom. The molecular formula is C24H19FN2O2. The standard InChI is InChI=1S/C24H19FN2O2/c25-22-12-10-17(13-23(22)29)9-11-21(28)14-19-7-4-8-20-15-26-27(24(19)20)16-18-5-2-1-3-6-18/h1-13,15,29H,14,16H2/b11-9+. The van der Waals surface area contributed by atoms with Gasteiger partial charge in [-0.05, 0) is 34.9 Å². The van der Waals surface area contributed by atoms with Gasteiger partial charge in [0.15, 0.2) is 17.3 Å². The van der Waals surface area contributed by atoms with Crippen LogP contribution in [0.3, 0.4) is 0 Å². The second-order valence-electron chi connectivity index (χ2n) is 6.83. The lowest BCUT2D eigenvalue weighted by atomic mass is 10.0. The largest absolute Gasteiger partial charge is 0.505 e. The van der Waals surface area contributed by atoms with Crippen LogP contribution < -0.4 is 0 Å². The first-order chi connectivity index (χ1) is 14.1. The fraction of sp³-hybridized carbons (Fsp3) is 0.0833. The molecule has 0 bridgehead atoms. The highest BCUT2D eigenvalue weighted by Gasteiger charge is 2.11. The molecule has 3 aromatic carbocycles. The Balaban J connectivity index is 1.57. The van der Waals surface area contributed by atoms with E-state index in [1.807, 2.05) is 59.4 Å². The van der Waals surface area contributed by atoms with E-state index in [0.29, 0.717) is 12.1 Å². The molecule has 0 aliphatic heterocycles. The number of phenols is 1. The molecule has 0 aliphatic rings. The molecule has 0 fully saturated rings. The van der Waals surface area contributed by atoms with Crippen molar-refractivity contribution >= 4 is 22.8 Å². The van der Waals surface area contributed by atoms with Crippen molar-refractivity contribution in [3.05, 3.63) is 102 Å². The summed E-state index contributed by atoms with van der Waals surface area (Å²) in [7, 11) is 0. The summed E-state index contributed by atoms with van der Waals surface area (Å²) in [5.41, 5.74) is 3.53. The van der Waals surface area contributed by atoms with E-state index in [9.17, 15) is 14.3 Å². The Kier molecular flexibility index (Phi) is 5.20. The van der Waals surface area contributed by atoms with Crippen LogP contribution in [-0.4, -0.2) is 20.7 Å². The molecule has 1 N–H and O–H groups in total. The number of phenolic OH excluding ortho intramolecular Hbond substituents is 1. The number of carbonyl (C=O) groups is 1. The maximum absolute atomic E-state index is 13.1. The molecule has 0 atom stereocenters. The third-order valence-corrected chi connectivity index (χ3v) is 4.72. The molecule has 29 heavy (non-hydrogen) atoms. The molecule has 4 rings (SSSR count). The molecule has 144 valence electrons. The summed E-state index contributed by atoms with van der Waals surface area (Å²) in [6.07, 6.45) is 5.05. The number of aromatic nitrogens is 2. The number of rotatable bonds is 6. The van der Waals surface area contributed by atoms with Crippen molar-refractivity contribution in [3.63, 3.8) is 0 Å². The molecule has 5 heteroatoms. The van der Waals surface area contributed by atoms with Crippen LogP contribution in [0.1, 0.15) is 16.7 Å². The van der Waals surface area contributed by atoms with Crippen LogP contribution in [0.15, 0.2) is 79.0 Å². The lowest BCUT2D eigenvalue weighted by Crippen LogP contribution is -2.05. The smallest absolute Gasteiger partial charge is 0.164 e. The van der Waals surface area contributed by atoms with Crippen LogP contribution >= 0.6 is 0 Å². The fourth-order valence-corrected chi connectivity index (χ4v) is 3.31. The van der Waals surface area contributed by atoms with Crippen LogP contribution in [0, 0.1) is 5.82 Å². The Morgan fingerprint density at radius 1 is 1.07 bits per heavy atom. The zero-order valence-electron chi connectivity index (χ0n) is 15.6. The third-order valence-electron chi connectivity index (χ3n) is 4.72. The molecule has 0 aliphatic carbocycles. The zero-order valence-corrected chi connectivity index (χ0v) is 15.6. The molecule has 0 radical (unpaired) electrons. The second-order valence-corrected chi connectivity index (χ2v) is 6.83. The minimum absolute atomic E-state index is 0.0891. The lowest BCUT2D eigenvalue weighted by Gasteiger charge is -2.08. The lowest BCUT2D eigenvalue weighted by molar-refractivity contribution is -0.113. The summed E-state index contributed by atoms with van der Waals surface area (Å²) in [4.78, 5) is 12.5. The number of halogens is 1. The van der Waals surface area contributed by atoms with Gasteiger partial charge in [0.2, 0.25) is 0 Å². The number of para-hydroxylation sites is 1. The second kappa shape index (κ2) is 8.10. The van der Waals surface area contributed by atoms with E-state index in [4.69, 9.17) is 0 Å². The predicted molar refractivity (Wildman–Crippen MR) is 111 cm³/mol. The molecule has 4 nitrogen and oxygen atoms in total. The molecular weight excluding hydrogens is 367 g/mol. The van der Waals surface area contributed by atoms with Gasteiger partial charge in [-0.2, -0.15) is 5.10 Å². The van der Waals surface area contributed by atoms with Crippen LogP contribution in [0.25, 0.3) is 17.0 Å². The first kappa shape index (κ1) is 18.6. The number of ketones is 1. The van der Waals surface area contributed by atoms with Gasteiger partial charge in [0.1, 0.15) is 0 Å². The molecule has 0 amide bonds. The number of fused-ring (bicyclic) bond motifs is 1. The van der Waals surface area contributed by atoms with E-state index in [1.54, 1.807) is 6.08 Å². The van der Waals surface area contributed by atoms with Gasteiger partial charge in [-0.25, -0.2) is 4.39 Å². The number of allylic oxidation sites excluding steroid dienone is 1. The van der Waals surface area contributed by atoms with Gasteiger partial charge in [0, 0.05) is 11.8 Å². The number of hydrogen-bond donors (Lipinski definition) is 1. The first-order valence-electron chi connectivity index (χ1n) is 9.27. The van der Waals surface area contributed by atoms with Crippen LogP contribution in [-0.2, 0) is 17.8 Å². The summed E-state index contributed by atoms with van der Waals surface area (Å²) in [6.45, 7) is 0.625. The van der Waals surface area contributed by atoms with Gasteiger partial charge >= 0.3 is 0 Å². The topological polar surface area (TPSA) is 55.1 Å². The van der Waals surface area contributed by atoms with E-state index in [2.05, 4.69) is 5.10 Å². The van der Waals surface area contributed by atoms with Gasteiger partial charge in [-0.15, -0.1) is 0 Å². The maximum atomic E-state index is 13.1. The van der Waals surface area contributed by atoms with Crippen molar-refractivity contribution in [3.8, 4) is 5.75 Å². The van der Waals surface area contributed by atoms with Crippen molar-refractivity contribution in [2.45, 2.75) is 13.0 Å². The molecule has 1 aromatic heterocycles. The molecule has 0 saturated heterocycles. The highest BCUT2D eigenvalue weighted by molar-refractivity contribution is 5.97. The number of aromatic hydroxyl groups is 1. The summed E-state index contributed by atoms with van der Waals surface area (Å²) < 4.78 is 15.1. The van der Waals surface area contributed by atoms with Crippen LogP contribution in [0.5, 0.6) is 5.75 Å². The molecule has 0 unspecified atom stereocenters. The van der Waals surface area contributed by atoms with Crippen molar-refractivity contribution in [2.24, 2.45) is 0 Å². The normalized spacial score (nSPS) is 11.3. The average molecular weight is 386 g/mol. The van der Waals surface area contributed by atoms with Crippen molar-refractivity contribution in [1.29, 1.82) is 0 Å². The minimum atomic E-state index is -0.688. The summed E-state index contributed by atoms with van der Waals surface area (Å²) in [5.74, 6) is -1.21. The van der Waals surface area contributed by atoms with E-state index < -0.39 is 11.6 Å². The number of carbonyl (C=O) groups excluding carboxylic acids is 1. The van der Waals surface area contributed by atoms with E-state index in [0.717, 1.165) is 22.0 Å². The van der Waals surface area contributed by atoms with Gasteiger partial charge in [-0.3, -0.25) is 9.48 Å². The predicted octanol–water partition coefficient (Wildman–Crippen LogP) is 4.75. The first-order valence-corrected chi connectivity index (χ1v) is 9.27. The van der Waals surface area contributed by atoms with Crippen LogP contribution in [0.2, 0.25) is 0 Å². The quantitative estimate of drug-likeness (QED) is 0.487. The SMILES string of the molecule is O=C(/C=C/c1ccc(F)c(O)c1)Cc1cccc2cnn(Cc3ccccc3)c12. The zero-order chi connectivity index (χ0) is 20.2. The van der Waals surface area contributed by atoms with Crippen molar-refractivity contribution < 1.29 is 14.3 Å². The maximum Gasteiger partial charge on any atom is 0.164 e. The molecule has 4 aromatic rings. The number of nitrogens with zero attached hydrogens (tertiary/aromatic N) is 2. The Bertz CT molecular complexity index is 1200. The summed E-state index contributed by atoms with van der Waals surface area (Å²) in [5, 5.41) is 14.9. The number of benzene rings is 3. The Hall–Kier alpha value is -3.73. The van der Waals surface area contributed by atoms with Crippen LogP contribution in [0.4, 0.5) is 4.39 Å². The van der Waals surface area contributed by atoms with Crippen molar-refractivity contribution in [2.75, 3.05) is 0 Å². The molecule has 0 saturated carbocycles. The molecule has 1 heterocycles. The number of hydrogen-bond acceptors (Lipinski definition) is 3. The monoisotopic (exact) mass is 386 g/mol. The summed E-state index contributed by atoms with van der Waals surface area (Å²) >= 11 is 0. The van der Waals surface area contributed by atoms with Gasteiger partial charge in [0.05, 0.1) is 18.3 Å². The minimum Gasteiger partial charge on any atom is -0.505 e. The van der Waals surface area contributed by atoms with E-state index >= 15 is 0 Å². The summed E-state index contributed by atoms with van der Waals surface area (Å²) in [6, 6.07) is 19.8.